The van der Waals surface area contributed by atoms with Gasteiger partial charge in [-0.05, 0) is 48.9 Å². The van der Waals surface area contributed by atoms with Crippen LogP contribution in [0.1, 0.15) is 15.9 Å². The second-order valence-corrected chi connectivity index (χ2v) is 7.64. The smallest absolute Gasteiger partial charge is 0.323 e. The molecule has 0 atom stereocenters. The third kappa shape index (κ3) is 4.75. The number of ether oxygens (including phenoxy) is 1. The quantitative estimate of drug-likeness (QED) is 0.345. The number of amides is 3. The molecule has 0 aliphatic heterocycles. The Kier molecular flexibility index (Phi) is 6.30. The molecule has 4 aromatic rings. The van der Waals surface area contributed by atoms with Gasteiger partial charge in [-0.2, -0.15) is 5.10 Å². The first-order valence-corrected chi connectivity index (χ1v) is 10.5. The monoisotopic (exact) mass is 459 g/mol. The molecular weight excluding hydrogens is 434 g/mol. The summed E-state index contributed by atoms with van der Waals surface area (Å²) in [5.74, 6) is 0.212. The first kappa shape index (κ1) is 22.6. The number of carbonyl (C=O) groups is 2. The molecule has 0 aliphatic carbocycles. The zero-order valence-electron chi connectivity index (χ0n) is 19.3. The summed E-state index contributed by atoms with van der Waals surface area (Å²) < 4.78 is 7.04. The Balaban J connectivity index is 1.56. The molecule has 3 amide bonds. The van der Waals surface area contributed by atoms with Crippen LogP contribution in [-0.2, 0) is 7.05 Å². The molecule has 2 aromatic heterocycles. The van der Waals surface area contributed by atoms with Crippen molar-refractivity contribution in [2.24, 2.45) is 7.05 Å². The zero-order valence-corrected chi connectivity index (χ0v) is 19.3. The summed E-state index contributed by atoms with van der Waals surface area (Å²) in [4.78, 5) is 28.9. The number of hydrogen-bond acceptors (Lipinski definition) is 6. The summed E-state index contributed by atoms with van der Waals surface area (Å²) in [6.07, 6.45) is 4.96. The van der Waals surface area contributed by atoms with Gasteiger partial charge < -0.3 is 26.0 Å². The number of methoxy groups -OCH3 is 1. The Morgan fingerprint density at radius 2 is 1.82 bits per heavy atom. The Bertz CT molecular complexity index is 1380. The molecule has 0 radical (unpaired) electrons. The van der Waals surface area contributed by atoms with E-state index in [0.717, 1.165) is 22.3 Å². The van der Waals surface area contributed by atoms with E-state index in [1.807, 2.05) is 31.2 Å². The van der Waals surface area contributed by atoms with Gasteiger partial charge >= 0.3 is 6.03 Å². The molecule has 0 spiro atoms. The minimum atomic E-state index is -0.354. The highest BCUT2D eigenvalue weighted by atomic mass is 16.5. The first-order valence-electron chi connectivity index (χ1n) is 10.5. The number of benzene rings is 2. The molecule has 10 heteroatoms. The molecule has 2 aromatic carbocycles. The number of nitrogens with one attached hydrogen (secondary N) is 4. The maximum Gasteiger partial charge on any atom is 0.323 e. The topological polar surface area (TPSA) is 122 Å². The van der Waals surface area contributed by atoms with Gasteiger partial charge in [-0.1, -0.05) is 0 Å². The fourth-order valence-electron chi connectivity index (χ4n) is 3.57. The number of nitrogens with zero attached hydrogens (tertiary/aromatic N) is 3. The van der Waals surface area contributed by atoms with Crippen LogP contribution >= 0.6 is 0 Å². The number of urea groups is 1. The van der Waals surface area contributed by atoms with E-state index < -0.39 is 0 Å². The lowest BCUT2D eigenvalue weighted by Crippen LogP contribution is -2.19. The molecule has 34 heavy (non-hydrogen) atoms. The van der Waals surface area contributed by atoms with Gasteiger partial charge in [0.2, 0.25) is 0 Å². The van der Waals surface area contributed by atoms with E-state index >= 15 is 0 Å². The highest BCUT2D eigenvalue weighted by Gasteiger charge is 2.15. The van der Waals surface area contributed by atoms with Crippen molar-refractivity contribution in [1.82, 2.24) is 20.1 Å². The van der Waals surface area contributed by atoms with Crippen molar-refractivity contribution in [3.63, 3.8) is 0 Å². The number of hydrogen-bond donors (Lipinski definition) is 4. The second kappa shape index (κ2) is 9.49. The predicted octanol–water partition coefficient (Wildman–Crippen LogP) is 4.03. The minimum absolute atomic E-state index is 0.245. The number of anilines is 4. The van der Waals surface area contributed by atoms with E-state index in [0.29, 0.717) is 28.2 Å². The SMILES string of the molecule is CNC(=O)c1cc2nccc(Nc3ccc(NC(=O)Nc4cnn(C)c4)cc3C)c2cc1OC. The second-order valence-electron chi connectivity index (χ2n) is 7.64. The number of fused-ring (bicyclic) bond motifs is 1. The van der Waals surface area contributed by atoms with Crippen LogP contribution in [0, 0.1) is 6.92 Å². The van der Waals surface area contributed by atoms with Crippen molar-refractivity contribution in [1.29, 1.82) is 0 Å². The van der Waals surface area contributed by atoms with E-state index in [1.165, 1.54) is 7.11 Å². The number of carbonyl (C=O) groups excluding carboxylic acids is 2. The third-order valence-corrected chi connectivity index (χ3v) is 5.25. The zero-order chi connectivity index (χ0) is 24.2. The summed E-state index contributed by atoms with van der Waals surface area (Å²) in [5, 5.41) is 16.4. The molecule has 174 valence electrons. The van der Waals surface area contributed by atoms with Crippen molar-refractivity contribution in [3.05, 3.63) is 66.1 Å². The summed E-state index contributed by atoms with van der Waals surface area (Å²) >= 11 is 0. The predicted molar refractivity (Wildman–Crippen MR) is 132 cm³/mol. The average molecular weight is 460 g/mol. The number of rotatable bonds is 6. The van der Waals surface area contributed by atoms with Gasteiger partial charge in [0, 0.05) is 48.9 Å². The highest BCUT2D eigenvalue weighted by molar-refractivity contribution is 6.04. The fraction of sp³-hybridized carbons (Fsp3) is 0.167. The Morgan fingerprint density at radius 3 is 2.50 bits per heavy atom. The lowest BCUT2D eigenvalue weighted by molar-refractivity contribution is 0.0960. The van der Waals surface area contributed by atoms with Crippen LogP contribution in [0.3, 0.4) is 0 Å². The Morgan fingerprint density at radius 1 is 1.03 bits per heavy atom. The van der Waals surface area contributed by atoms with Gasteiger partial charge in [0.1, 0.15) is 5.75 Å². The summed E-state index contributed by atoms with van der Waals surface area (Å²) in [5.41, 5.74) is 4.93. The maximum absolute atomic E-state index is 12.3. The molecular formula is C24H25N7O3. The van der Waals surface area contributed by atoms with Crippen LogP contribution in [0.2, 0.25) is 0 Å². The lowest BCUT2D eigenvalue weighted by atomic mass is 10.1. The number of pyridine rings is 1. The van der Waals surface area contributed by atoms with Crippen molar-refractivity contribution < 1.29 is 14.3 Å². The standard InChI is InChI=1S/C24H25N7O3/c1-14-9-15(28-24(33)29-16-12-27-31(3)13-16)5-6-19(14)30-20-7-8-26-21-10-18(23(32)25-2)22(34-4)11-17(20)21/h5-13H,1-4H3,(H,25,32)(H,26,30)(H2,28,29,33). The third-order valence-electron chi connectivity index (χ3n) is 5.25. The van der Waals surface area contributed by atoms with Crippen molar-refractivity contribution in [2.75, 3.05) is 30.1 Å². The summed E-state index contributed by atoms with van der Waals surface area (Å²) in [7, 11) is 4.87. The fourth-order valence-corrected chi connectivity index (χ4v) is 3.57. The minimum Gasteiger partial charge on any atom is -0.496 e. The van der Waals surface area contributed by atoms with Crippen LogP contribution < -0.4 is 26.0 Å². The molecule has 4 N–H and O–H groups in total. The van der Waals surface area contributed by atoms with Crippen LogP contribution in [0.15, 0.2) is 55.0 Å². The maximum atomic E-state index is 12.3. The van der Waals surface area contributed by atoms with E-state index in [9.17, 15) is 9.59 Å². The normalized spacial score (nSPS) is 10.6. The van der Waals surface area contributed by atoms with Gasteiger partial charge in [0.15, 0.2) is 0 Å². The van der Waals surface area contributed by atoms with Gasteiger partial charge in [-0.15, -0.1) is 0 Å². The van der Waals surface area contributed by atoms with Gasteiger partial charge in [-0.25, -0.2) is 4.79 Å². The molecule has 0 unspecified atom stereocenters. The number of aromatic nitrogens is 3. The van der Waals surface area contributed by atoms with Crippen LogP contribution in [0.25, 0.3) is 10.9 Å². The van der Waals surface area contributed by atoms with E-state index in [1.54, 1.807) is 49.5 Å². The molecule has 2 heterocycles. The molecule has 0 saturated heterocycles. The molecule has 10 nitrogen and oxygen atoms in total. The number of aryl methyl sites for hydroxylation is 2. The molecule has 0 saturated carbocycles. The van der Waals surface area contributed by atoms with Crippen LogP contribution in [0.5, 0.6) is 5.75 Å². The highest BCUT2D eigenvalue weighted by Crippen LogP contribution is 2.32. The molecule has 0 fully saturated rings. The van der Waals surface area contributed by atoms with Crippen LogP contribution in [0.4, 0.5) is 27.5 Å². The van der Waals surface area contributed by atoms with Crippen LogP contribution in [-0.4, -0.2) is 40.9 Å². The van der Waals surface area contributed by atoms with Crippen molar-refractivity contribution in [3.8, 4) is 5.75 Å². The molecule has 0 bridgehead atoms. The summed E-state index contributed by atoms with van der Waals surface area (Å²) in [6.45, 7) is 1.94. The van der Waals surface area contributed by atoms with Gasteiger partial charge in [-0.3, -0.25) is 14.5 Å². The van der Waals surface area contributed by atoms with Gasteiger partial charge in [0.05, 0.1) is 30.1 Å². The summed E-state index contributed by atoms with van der Waals surface area (Å²) in [6, 6.07) is 10.6. The van der Waals surface area contributed by atoms with Crippen molar-refractivity contribution in [2.45, 2.75) is 6.92 Å². The van der Waals surface area contributed by atoms with E-state index in [-0.39, 0.29) is 11.9 Å². The first-order chi connectivity index (χ1) is 16.4. The largest absolute Gasteiger partial charge is 0.496 e. The lowest BCUT2D eigenvalue weighted by Gasteiger charge is -2.15. The Labute approximate surface area is 196 Å². The van der Waals surface area contributed by atoms with E-state index in [2.05, 4.69) is 31.3 Å². The van der Waals surface area contributed by atoms with E-state index in [4.69, 9.17) is 4.74 Å². The Hall–Kier alpha value is -4.60. The van der Waals surface area contributed by atoms with Gasteiger partial charge in [0.25, 0.3) is 5.91 Å². The molecule has 4 rings (SSSR count). The van der Waals surface area contributed by atoms with Crippen molar-refractivity contribution >= 4 is 45.6 Å². The molecule has 0 aliphatic rings. The average Bonchev–Trinajstić information content (AvgIpc) is 3.23.